The Morgan fingerprint density at radius 2 is 1.68 bits per heavy atom. The van der Waals surface area contributed by atoms with Gasteiger partial charge in [-0.25, -0.2) is 0 Å². The molecule has 0 bridgehead atoms. The second-order valence-electron chi connectivity index (χ2n) is 6.46. The smallest absolute Gasteiger partial charge is 0.0689 e. The second-order valence-corrected chi connectivity index (χ2v) is 6.46. The normalized spacial score (nSPS) is 23.8. The molecule has 130 valence electrons. The maximum absolute atomic E-state index is 9.73. The third-order valence-electron chi connectivity index (χ3n) is 4.93. The number of hydroxylamine groups is 1. The van der Waals surface area contributed by atoms with Gasteiger partial charge in [-0.05, 0) is 24.0 Å². The minimum absolute atomic E-state index is 0.0448. The van der Waals surface area contributed by atoms with E-state index >= 15 is 0 Å². The van der Waals surface area contributed by atoms with Crippen LogP contribution in [0.25, 0.3) is 6.08 Å². The first-order valence-electron chi connectivity index (χ1n) is 8.73. The highest BCUT2D eigenvalue weighted by Gasteiger charge is 2.34. The van der Waals surface area contributed by atoms with Crippen LogP contribution in [0.15, 0.2) is 71.9 Å². The monoisotopic (exact) mass is 336 g/mol. The van der Waals surface area contributed by atoms with Crippen LogP contribution in [0.2, 0.25) is 0 Å². The summed E-state index contributed by atoms with van der Waals surface area (Å²) in [6.45, 7) is 0. The molecule has 0 saturated heterocycles. The molecule has 2 aromatic rings. The standard InChI is InChI=1S/C21H24N2O2/c24-22-20(17-10-5-2-6-11-17)19-13-7-12-18(21(19)23-25)15-14-16-8-3-1-4-9-16/h1-6,8-11,14-15,18-20,22,24-25H,7,12-13H2/b15-14+,23-21-. The van der Waals surface area contributed by atoms with Crippen LogP contribution < -0.4 is 5.48 Å². The molecule has 4 nitrogen and oxygen atoms in total. The third kappa shape index (κ3) is 4.16. The topological polar surface area (TPSA) is 64.9 Å². The number of hydrogen-bond acceptors (Lipinski definition) is 4. The Bertz CT molecular complexity index is 713. The molecule has 1 saturated carbocycles. The highest BCUT2D eigenvalue weighted by Crippen LogP contribution is 2.36. The molecule has 1 aliphatic carbocycles. The van der Waals surface area contributed by atoms with E-state index in [9.17, 15) is 10.4 Å². The van der Waals surface area contributed by atoms with E-state index in [-0.39, 0.29) is 17.9 Å². The maximum atomic E-state index is 9.73. The van der Waals surface area contributed by atoms with Gasteiger partial charge >= 0.3 is 0 Å². The van der Waals surface area contributed by atoms with Crippen LogP contribution >= 0.6 is 0 Å². The lowest BCUT2D eigenvalue weighted by molar-refractivity contribution is 0.104. The summed E-state index contributed by atoms with van der Waals surface area (Å²) in [6, 6.07) is 19.6. The maximum Gasteiger partial charge on any atom is 0.0689 e. The van der Waals surface area contributed by atoms with Gasteiger partial charge in [0.2, 0.25) is 0 Å². The fraction of sp³-hybridized carbons (Fsp3) is 0.286. The molecule has 0 radical (unpaired) electrons. The summed E-state index contributed by atoms with van der Waals surface area (Å²) >= 11 is 0. The molecule has 1 aliphatic rings. The van der Waals surface area contributed by atoms with E-state index in [0.717, 1.165) is 36.1 Å². The predicted octanol–water partition coefficient (Wildman–Crippen LogP) is 4.67. The molecule has 0 heterocycles. The Labute approximate surface area is 148 Å². The summed E-state index contributed by atoms with van der Waals surface area (Å²) in [7, 11) is 0. The van der Waals surface area contributed by atoms with E-state index in [4.69, 9.17) is 0 Å². The van der Waals surface area contributed by atoms with Gasteiger partial charge in [0.05, 0.1) is 11.8 Å². The van der Waals surface area contributed by atoms with Crippen molar-refractivity contribution in [3.05, 3.63) is 77.9 Å². The summed E-state index contributed by atoms with van der Waals surface area (Å²) in [6.07, 6.45) is 7.03. The average molecular weight is 336 g/mol. The first-order valence-corrected chi connectivity index (χ1v) is 8.73. The molecule has 3 unspecified atom stereocenters. The number of rotatable bonds is 5. The van der Waals surface area contributed by atoms with Crippen molar-refractivity contribution in [2.45, 2.75) is 25.3 Å². The van der Waals surface area contributed by atoms with Crippen molar-refractivity contribution in [1.82, 2.24) is 5.48 Å². The zero-order valence-electron chi connectivity index (χ0n) is 14.1. The molecule has 2 aromatic carbocycles. The van der Waals surface area contributed by atoms with Crippen molar-refractivity contribution in [1.29, 1.82) is 0 Å². The second kappa shape index (κ2) is 8.60. The summed E-state index contributed by atoms with van der Waals surface area (Å²) in [5.41, 5.74) is 5.28. The SMILES string of the molecule is O/N=C1/C(/C=C/c2ccccc2)CCCC1C(NO)c1ccccc1. The van der Waals surface area contributed by atoms with E-state index in [2.05, 4.69) is 34.9 Å². The Morgan fingerprint density at radius 1 is 1.00 bits per heavy atom. The van der Waals surface area contributed by atoms with Crippen LogP contribution in [-0.4, -0.2) is 16.1 Å². The van der Waals surface area contributed by atoms with Gasteiger partial charge in [0.1, 0.15) is 0 Å². The van der Waals surface area contributed by atoms with Crippen molar-refractivity contribution in [3.8, 4) is 0 Å². The molecule has 0 amide bonds. The van der Waals surface area contributed by atoms with Crippen LogP contribution in [0.1, 0.15) is 36.4 Å². The number of hydrogen-bond donors (Lipinski definition) is 3. The highest BCUT2D eigenvalue weighted by molar-refractivity contribution is 5.92. The first kappa shape index (κ1) is 17.4. The van der Waals surface area contributed by atoms with Gasteiger partial charge in [0, 0.05) is 11.8 Å². The zero-order chi connectivity index (χ0) is 17.5. The lowest BCUT2D eigenvalue weighted by Crippen LogP contribution is -2.37. The van der Waals surface area contributed by atoms with Gasteiger partial charge in [-0.1, -0.05) is 84.4 Å². The van der Waals surface area contributed by atoms with Crippen molar-refractivity contribution >= 4 is 11.8 Å². The molecular weight excluding hydrogens is 312 g/mol. The quantitative estimate of drug-likeness (QED) is 0.549. The molecule has 3 rings (SSSR count). The number of allylic oxidation sites excluding steroid dienone is 1. The Hall–Kier alpha value is -2.43. The van der Waals surface area contributed by atoms with Crippen LogP contribution in [0, 0.1) is 11.8 Å². The Kier molecular flexibility index (Phi) is 5.99. The van der Waals surface area contributed by atoms with E-state index in [1.54, 1.807) is 0 Å². The molecular formula is C21H24N2O2. The van der Waals surface area contributed by atoms with Gasteiger partial charge in [-0.15, -0.1) is 0 Å². The van der Waals surface area contributed by atoms with E-state index < -0.39 is 0 Å². The van der Waals surface area contributed by atoms with Gasteiger partial charge in [-0.3, -0.25) is 0 Å². The molecule has 3 N–H and O–H groups in total. The van der Waals surface area contributed by atoms with Crippen LogP contribution in [0.5, 0.6) is 0 Å². The van der Waals surface area contributed by atoms with Crippen molar-refractivity contribution in [3.63, 3.8) is 0 Å². The van der Waals surface area contributed by atoms with E-state index in [0.29, 0.717) is 0 Å². The van der Waals surface area contributed by atoms with E-state index in [1.807, 2.05) is 48.5 Å². The fourth-order valence-corrected chi connectivity index (χ4v) is 3.66. The first-order chi connectivity index (χ1) is 12.3. The van der Waals surface area contributed by atoms with Gasteiger partial charge in [0.25, 0.3) is 0 Å². The molecule has 0 aliphatic heterocycles. The van der Waals surface area contributed by atoms with E-state index in [1.165, 1.54) is 0 Å². The molecule has 0 spiro atoms. The minimum atomic E-state index is -0.278. The molecule has 1 fully saturated rings. The summed E-state index contributed by atoms with van der Waals surface area (Å²) < 4.78 is 0. The van der Waals surface area contributed by atoms with Crippen LogP contribution in [0.4, 0.5) is 0 Å². The van der Waals surface area contributed by atoms with Crippen molar-refractivity contribution < 1.29 is 10.4 Å². The largest absolute Gasteiger partial charge is 0.411 e. The van der Waals surface area contributed by atoms with Gasteiger partial charge in [0.15, 0.2) is 0 Å². The molecule has 4 heteroatoms. The zero-order valence-corrected chi connectivity index (χ0v) is 14.1. The van der Waals surface area contributed by atoms with Gasteiger partial charge in [-0.2, -0.15) is 5.48 Å². The Morgan fingerprint density at radius 3 is 2.32 bits per heavy atom. The number of nitrogens with zero attached hydrogens (tertiary/aromatic N) is 1. The number of oxime groups is 1. The van der Waals surface area contributed by atoms with Crippen molar-refractivity contribution in [2.24, 2.45) is 17.0 Å². The predicted molar refractivity (Wildman–Crippen MR) is 99.6 cm³/mol. The van der Waals surface area contributed by atoms with Crippen LogP contribution in [-0.2, 0) is 0 Å². The van der Waals surface area contributed by atoms with Gasteiger partial charge < -0.3 is 10.4 Å². The minimum Gasteiger partial charge on any atom is -0.411 e. The molecule has 3 atom stereocenters. The summed E-state index contributed by atoms with van der Waals surface area (Å²) in [4.78, 5) is 0. The number of nitrogens with one attached hydrogen (secondary N) is 1. The Balaban J connectivity index is 1.82. The third-order valence-corrected chi connectivity index (χ3v) is 4.93. The fourth-order valence-electron chi connectivity index (χ4n) is 3.66. The molecule has 25 heavy (non-hydrogen) atoms. The van der Waals surface area contributed by atoms with Crippen LogP contribution in [0.3, 0.4) is 0 Å². The summed E-state index contributed by atoms with van der Waals surface area (Å²) in [5, 5.41) is 23.0. The highest BCUT2D eigenvalue weighted by atomic mass is 16.5. The number of benzene rings is 2. The lowest BCUT2D eigenvalue weighted by Gasteiger charge is -2.33. The molecule has 0 aromatic heterocycles. The lowest BCUT2D eigenvalue weighted by atomic mass is 9.74. The van der Waals surface area contributed by atoms with Crippen molar-refractivity contribution in [2.75, 3.05) is 0 Å². The average Bonchev–Trinajstić information content (AvgIpc) is 2.68. The summed E-state index contributed by atoms with van der Waals surface area (Å²) in [5.74, 6) is 0.0279.